The van der Waals surface area contributed by atoms with Gasteiger partial charge in [-0.25, -0.2) is 4.98 Å². The van der Waals surface area contributed by atoms with E-state index in [1.807, 2.05) is 28.8 Å². The van der Waals surface area contributed by atoms with Crippen LogP contribution in [0.25, 0.3) is 5.65 Å². The number of imidazole rings is 1. The van der Waals surface area contributed by atoms with Gasteiger partial charge in [-0.1, -0.05) is 12.0 Å². The Morgan fingerprint density at radius 1 is 1.40 bits per heavy atom. The van der Waals surface area contributed by atoms with E-state index in [0.717, 1.165) is 24.2 Å². The van der Waals surface area contributed by atoms with Crippen molar-refractivity contribution in [2.24, 2.45) is 5.73 Å². The van der Waals surface area contributed by atoms with Crippen LogP contribution in [0.15, 0.2) is 30.6 Å². The van der Waals surface area contributed by atoms with E-state index in [-0.39, 0.29) is 0 Å². The van der Waals surface area contributed by atoms with Crippen LogP contribution in [0.1, 0.15) is 18.5 Å². The summed E-state index contributed by atoms with van der Waals surface area (Å²) >= 11 is 0. The lowest BCUT2D eigenvalue weighted by atomic mass is 10.3. The van der Waals surface area contributed by atoms with Crippen molar-refractivity contribution in [1.29, 1.82) is 0 Å². The normalized spacial score (nSPS) is 9.93. The Balaban J connectivity index is 2.26. The van der Waals surface area contributed by atoms with Crippen molar-refractivity contribution in [1.82, 2.24) is 9.38 Å². The Labute approximate surface area is 88.9 Å². The molecule has 0 spiro atoms. The molecule has 2 aromatic heterocycles. The van der Waals surface area contributed by atoms with Crippen LogP contribution in [0.3, 0.4) is 0 Å². The molecule has 2 rings (SSSR count). The van der Waals surface area contributed by atoms with Gasteiger partial charge in [0.05, 0.1) is 5.69 Å². The summed E-state index contributed by atoms with van der Waals surface area (Å²) in [5.41, 5.74) is 7.30. The molecular formula is C12H13N3. The molecule has 3 nitrogen and oxygen atoms in total. The van der Waals surface area contributed by atoms with Gasteiger partial charge >= 0.3 is 0 Å². The topological polar surface area (TPSA) is 43.3 Å². The maximum absolute atomic E-state index is 5.40. The summed E-state index contributed by atoms with van der Waals surface area (Å²) in [5, 5.41) is 0. The molecule has 0 saturated carbocycles. The highest BCUT2D eigenvalue weighted by Gasteiger charge is 1.95. The summed E-state index contributed by atoms with van der Waals surface area (Å²) in [6.45, 7) is 0.698. The van der Waals surface area contributed by atoms with Gasteiger partial charge in [-0.2, -0.15) is 0 Å². The first-order chi connectivity index (χ1) is 7.42. The standard InChI is InChI=1S/C12H13N3/c13-8-3-1-2-5-11-6-4-7-12-14-9-10-15(11)12/h4,6-7,9-10H,1,3,8,13H2. The minimum absolute atomic E-state index is 0.698. The van der Waals surface area contributed by atoms with E-state index in [0.29, 0.717) is 6.54 Å². The summed E-state index contributed by atoms with van der Waals surface area (Å²) in [6.07, 6.45) is 5.50. The number of nitrogens with two attached hydrogens (primary N) is 1. The fourth-order valence-electron chi connectivity index (χ4n) is 1.39. The molecule has 76 valence electrons. The van der Waals surface area contributed by atoms with E-state index in [2.05, 4.69) is 16.8 Å². The number of rotatable bonds is 2. The molecule has 15 heavy (non-hydrogen) atoms. The minimum atomic E-state index is 0.698. The van der Waals surface area contributed by atoms with E-state index in [4.69, 9.17) is 5.73 Å². The first-order valence-corrected chi connectivity index (χ1v) is 5.03. The van der Waals surface area contributed by atoms with Crippen molar-refractivity contribution in [2.45, 2.75) is 12.8 Å². The highest BCUT2D eigenvalue weighted by Crippen LogP contribution is 2.04. The Morgan fingerprint density at radius 3 is 3.20 bits per heavy atom. The molecule has 0 radical (unpaired) electrons. The molecule has 0 atom stereocenters. The third-order valence-electron chi connectivity index (χ3n) is 2.15. The Hall–Kier alpha value is -1.79. The van der Waals surface area contributed by atoms with E-state index < -0.39 is 0 Å². The average Bonchev–Trinajstić information content (AvgIpc) is 2.73. The monoisotopic (exact) mass is 199 g/mol. The zero-order chi connectivity index (χ0) is 10.5. The third kappa shape index (κ3) is 2.17. The van der Waals surface area contributed by atoms with Gasteiger partial charge in [-0.05, 0) is 31.0 Å². The second-order valence-electron chi connectivity index (χ2n) is 3.26. The molecule has 0 unspecified atom stereocenters. The summed E-state index contributed by atoms with van der Waals surface area (Å²) < 4.78 is 1.98. The van der Waals surface area contributed by atoms with Crippen LogP contribution in [-0.2, 0) is 0 Å². The van der Waals surface area contributed by atoms with Gasteiger partial charge in [0.1, 0.15) is 5.65 Å². The zero-order valence-electron chi connectivity index (χ0n) is 8.48. The van der Waals surface area contributed by atoms with E-state index in [1.165, 1.54) is 0 Å². The van der Waals surface area contributed by atoms with Gasteiger partial charge in [0.25, 0.3) is 0 Å². The fourth-order valence-corrected chi connectivity index (χ4v) is 1.39. The average molecular weight is 199 g/mol. The van der Waals surface area contributed by atoms with Crippen molar-refractivity contribution in [3.8, 4) is 11.8 Å². The molecule has 0 amide bonds. The largest absolute Gasteiger partial charge is 0.330 e. The van der Waals surface area contributed by atoms with Gasteiger partial charge in [-0.15, -0.1) is 0 Å². The molecule has 0 aliphatic heterocycles. The maximum atomic E-state index is 5.40. The van der Waals surface area contributed by atoms with Crippen LogP contribution in [-0.4, -0.2) is 15.9 Å². The molecule has 3 heteroatoms. The quantitative estimate of drug-likeness (QED) is 0.587. The number of aromatic nitrogens is 2. The molecule has 0 saturated heterocycles. The Kier molecular flexibility index (Phi) is 3.01. The van der Waals surface area contributed by atoms with E-state index in [1.54, 1.807) is 6.20 Å². The predicted molar refractivity (Wildman–Crippen MR) is 60.4 cm³/mol. The summed E-state index contributed by atoms with van der Waals surface area (Å²) in [5.74, 6) is 6.23. The van der Waals surface area contributed by atoms with Gasteiger partial charge in [-0.3, -0.25) is 4.40 Å². The van der Waals surface area contributed by atoms with Crippen molar-refractivity contribution >= 4 is 5.65 Å². The molecule has 2 aromatic rings. The number of hydrogen-bond acceptors (Lipinski definition) is 2. The first-order valence-electron chi connectivity index (χ1n) is 5.03. The van der Waals surface area contributed by atoms with Crippen LogP contribution >= 0.6 is 0 Å². The molecule has 2 heterocycles. The molecular weight excluding hydrogens is 186 g/mol. The lowest BCUT2D eigenvalue weighted by molar-refractivity contribution is 0.869. The van der Waals surface area contributed by atoms with E-state index >= 15 is 0 Å². The molecule has 0 bridgehead atoms. The molecule has 0 aliphatic rings. The van der Waals surface area contributed by atoms with Gasteiger partial charge in [0.15, 0.2) is 0 Å². The highest BCUT2D eigenvalue weighted by molar-refractivity contribution is 5.44. The number of nitrogens with zero attached hydrogens (tertiary/aromatic N) is 2. The lowest BCUT2D eigenvalue weighted by Crippen LogP contribution is -1.96. The predicted octanol–water partition coefficient (Wildman–Crippen LogP) is 1.42. The Bertz CT molecular complexity index is 502. The van der Waals surface area contributed by atoms with Crippen molar-refractivity contribution in [3.05, 3.63) is 36.3 Å². The number of unbranched alkanes of at least 4 members (excludes halogenated alkanes) is 1. The summed E-state index contributed by atoms with van der Waals surface area (Å²) in [6, 6.07) is 5.92. The summed E-state index contributed by atoms with van der Waals surface area (Å²) in [4.78, 5) is 4.20. The third-order valence-corrected chi connectivity index (χ3v) is 2.15. The van der Waals surface area contributed by atoms with Gasteiger partial charge < -0.3 is 5.73 Å². The fraction of sp³-hybridized carbons (Fsp3) is 0.250. The maximum Gasteiger partial charge on any atom is 0.137 e. The van der Waals surface area contributed by atoms with Gasteiger partial charge in [0.2, 0.25) is 0 Å². The highest BCUT2D eigenvalue weighted by atomic mass is 15.0. The van der Waals surface area contributed by atoms with E-state index in [9.17, 15) is 0 Å². The Morgan fingerprint density at radius 2 is 2.33 bits per heavy atom. The van der Waals surface area contributed by atoms with Crippen LogP contribution in [0, 0.1) is 11.8 Å². The second kappa shape index (κ2) is 4.63. The van der Waals surface area contributed by atoms with Crippen molar-refractivity contribution in [2.75, 3.05) is 6.54 Å². The SMILES string of the molecule is NCCCC#Cc1cccc2nccn12. The lowest BCUT2D eigenvalue weighted by Gasteiger charge is -1.96. The second-order valence-corrected chi connectivity index (χ2v) is 3.26. The molecule has 0 aliphatic carbocycles. The minimum Gasteiger partial charge on any atom is -0.330 e. The van der Waals surface area contributed by atoms with Crippen LogP contribution in [0.5, 0.6) is 0 Å². The van der Waals surface area contributed by atoms with Crippen LogP contribution in [0.2, 0.25) is 0 Å². The number of hydrogen-bond donors (Lipinski definition) is 1. The molecule has 0 fully saturated rings. The number of fused-ring (bicyclic) bond motifs is 1. The van der Waals surface area contributed by atoms with Crippen molar-refractivity contribution < 1.29 is 0 Å². The molecule has 2 N–H and O–H groups in total. The van der Waals surface area contributed by atoms with Crippen molar-refractivity contribution in [3.63, 3.8) is 0 Å². The zero-order valence-corrected chi connectivity index (χ0v) is 8.48. The number of pyridine rings is 1. The van der Waals surface area contributed by atoms with Crippen LogP contribution in [0.4, 0.5) is 0 Å². The summed E-state index contributed by atoms with van der Waals surface area (Å²) in [7, 11) is 0. The van der Waals surface area contributed by atoms with Gasteiger partial charge in [0, 0.05) is 18.8 Å². The van der Waals surface area contributed by atoms with Crippen LogP contribution < -0.4 is 5.73 Å². The smallest absolute Gasteiger partial charge is 0.137 e. The first kappa shape index (κ1) is 9.75. The molecule has 0 aromatic carbocycles.